The van der Waals surface area contributed by atoms with Crippen molar-refractivity contribution < 1.29 is 14.6 Å². The molecule has 0 aromatic rings. The molecule has 0 amide bonds. The SMILES string of the molecule is C=CCC[C@@H](O)[C@@]1(CC=C)CCCCCC12OCCO2. The molecule has 1 aliphatic carbocycles. The number of ether oxygens (including phenoxy) is 2. The molecule has 1 saturated heterocycles. The molecule has 0 aromatic carbocycles. The van der Waals surface area contributed by atoms with Gasteiger partial charge in [0.1, 0.15) is 0 Å². The van der Waals surface area contributed by atoms with Gasteiger partial charge in [-0.1, -0.05) is 25.0 Å². The van der Waals surface area contributed by atoms with E-state index in [0.717, 1.165) is 38.5 Å². The van der Waals surface area contributed by atoms with Gasteiger partial charge in [0, 0.05) is 6.42 Å². The molecule has 1 saturated carbocycles. The highest BCUT2D eigenvalue weighted by molar-refractivity contribution is 5.05. The molecule has 0 radical (unpaired) electrons. The van der Waals surface area contributed by atoms with Crippen LogP contribution in [0.2, 0.25) is 0 Å². The molecular formula is C17H28O3. The zero-order chi connectivity index (χ0) is 14.5. The number of rotatable bonds is 6. The molecule has 3 heteroatoms. The molecule has 2 atom stereocenters. The van der Waals surface area contributed by atoms with Crippen LogP contribution in [0.5, 0.6) is 0 Å². The Morgan fingerprint density at radius 3 is 2.40 bits per heavy atom. The second-order valence-electron chi connectivity index (χ2n) is 6.04. The van der Waals surface area contributed by atoms with Gasteiger partial charge in [0.25, 0.3) is 0 Å². The summed E-state index contributed by atoms with van der Waals surface area (Å²) in [7, 11) is 0. The molecule has 0 aromatic heterocycles. The van der Waals surface area contributed by atoms with E-state index in [0.29, 0.717) is 19.6 Å². The van der Waals surface area contributed by atoms with Gasteiger partial charge in [-0.2, -0.15) is 0 Å². The average Bonchev–Trinajstić information content (AvgIpc) is 2.85. The van der Waals surface area contributed by atoms with Crippen LogP contribution in [0.25, 0.3) is 0 Å². The number of aliphatic hydroxyl groups is 1. The average molecular weight is 280 g/mol. The van der Waals surface area contributed by atoms with Crippen molar-refractivity contribution in [3.63, 3.8) is 0 Å². The van der Waals surface area contributed by atoms with E-state index in [-0.39, 0.29) is 5.41 Å². The third-order valence-electron chi connectivity index (χ3n) is 4.93. The molecule has 2 aliphatic rings. The van der Waals surface area contributed by atoms with Crippen LogP contribution in [0.4, 0.5) is 0 Å². The van der Waals surface area contributed by atoms with Gasteiger partial charge in [-0.3, -0.25) is 0 Å². The summed E-state index contributed by atoms with van der Waals surface area (Å²) in [5.74, 6) is -0.613. The first-order valence-electron chi connectivity index (χ1n) is 7.88. The van der Waals surface area contributed by atoms with Crippen molar-refractivity contribution in [1.82, 2.24) is 0 Å². The highest BCUT2D eigenvalue weighted by Crippen LogP contribution is 2.53. The second-order valence-corrected chi connectivity index (χ2v) is 6.04. The molecule has 1 aliphatic heterocycles. The molecule has 0 unspecified atom stereocenters. The predicted molar refractivity (Wildman–Crippen MR) is 80.4 cm³/mol. The van der Waals surface area contributed by atoms with E-state index in [2.05, 4.69) is 13.2 Å². The number of hydrogen-bond acceptors (Lipinski definition) is 3. The molecule has 1 spiro atoms. The number of allylic oxidation sites excluding steroid dienone is 2. The Bertz CT molecular complexity index is 333. The highest BCUT2D eigenvalue weighted by Gasteiger charge is 2.58. The third-order valence-corrected chi connectivity index (χ3v) is 4.93. The van der Waals surface area contributed by atoms with Crippen molar-refractivity contribution >= 4 is 0 Å². The van der Waals surface area contributed by atoms with Crippen LogP contribution in [0.15, 0.2) is 25.3 Å². The van der Waals surface area contributed by atoms with Crippen molar-refractivity contribution in [2.24, 2.45) is 5.41 Å². The van der Waals surface area contributed by atoms with Crippen LogP contribution < -0.4 is 0 Å². The minimum atomic E-state index is -0.613. The predicted octanol–water partition coefficient (Wildman–Crippen LogP) is 3.58. The quantitative estimate of drug-likeness (QED) is 0.756. The minimum absolute atomic E-state index is 0.356. The largest absolute Gasteiger partial charge is 0.392 e. The van der Waals surface area contributed by atoms with Gasteiger partial charge < -0.3 is 14.6 Å². The van der Waals surface area contributed by atoms with Crippen LogP contribution in [-0.2, 0) is 9.47 Å². The van der Waals surface area contributed by atoms with Gasteiger partial charge >= 0.3 is 0 Å². The van der Waals surface area contributed by atoms with Crippen LogP contribution in [0.3, 0.4) is 0 Å². The maximum Gasteiger partial charge on any atom is 0.176 e. The molecule has 2 fully saturated rings. The van der Waals surface area contributed by atoms with E-state index >= 15 is 0 Å². The van der Waals surface area contributed by atoms with Gasteiger partial charge in [-0.15, -0.1) is 13.2 Å². The van der Waals surface area contributed by atoms with Crippen molar-refractivity contribution in [2.45, 2.75) is 63.3 Å². The smallest absolute Gasteiger partial charge is 0.176 e. The Hall–Kier alpha value is -0.640. The molecule has 1 heterocycles. The van der Waals surface area contributed by atoms with Crippen LogP contribution >= 0.6 is 0 Å². The Labute approximate surface area is 122 Å². The third kappa shape index (κ3) is 2.72. The summed E-state index contributed by atoms with van der Waals surface area (Å²) >= 11 is 0. The summed E-state index contributed by atoms with van der Waals surface area (Å²) in [5.41, 5.74) is -0.356. The summed E-state index contributed by atoms with van der Waals surface area (Å²) in [5, 5.41) is 10.9. The van der Waals surface area contributed by atoms with Gasteiger partial charge in [-0.05, 0) is 32.1 Å². The van der Waals surface area contributed by atoms with E-state index < -0.39 is 11.9 Å². The van der Waals surface area contributed by atoms with Crippen LogP contribution in [-0.4, -0.2) is 30.2 Å². The first kappa shape index (κ1) is 15.7. The zero-order valence-corrected chi connectivity index (χ0v) is 12.5. The summed E-state index contributed by atoms with van der Waals surface area (Å²) in [4.78, 5) is 0. The summed E-state index contributed by atoms with van der Waals surface area (Å²) in [6.07, 6.45) is 10.8. The van der Waals surface area contributed by atoms with Gasteiger partial charge in [-0.25, -0.2) is 0 Å². The minimum Gasteiger partial charge on any atom is -0.392 e. The molecular weight excluding hydrogens is 252 g/mol. The van der Waals surface area contributed by atoms with E-state index in [9.17, 15) is 5.11 Å². The maximum atomic E-state index is 10.9. The van der Waals surface area contributed by atoms with Crippen LogP contribution in [0, 0.1) is 5.41 Å². The zero-order valence-electron chi connectivity index (χ0n) is 12.5. The van der Waals surface area contributed by atoms with Crippen molar-refractivity contribution in [3.05, 3.63) is 25.3 Å². The highest BCUT2D eigenvalue weighted by atomic mass is 16.7. The van der Waals surface area contributed by atoms with E-state index in [1.807, 2.05) is 12.2 Å². The van der Waals surface area contributed by atoms with Gasteiger partial charge in [0.05, 0.1) is 24.7 Å². The Morgan fingerprint density at radius 2 is 1.75 bits per heavy atom. The number of hydrogen-bond donors (Lipinski definition) is 1. The first-order valence-corrected chi connectivity index (χ1v) is 7.88. The molecule has 114 valence electrons. The molecule has 1 N–H and O–H groups in total. The fourth-order valence-corrected chi connectivity index (χ4v) is 3.92. The number of aliphatic hydroxyl groups excluding tert-OH is 1. The molecule has 0 bridgehead atoms. The first-order chi connectivity index (χ1) is 9.71. The Kier molecular flexibility index (Phi) is 5.42. The Balaban J connectivity index is 2.32. The standard InChI is InChI=1S/C17H28O3/c1-3-5-9-15(18)16(10-4-2)11-7-6-8-12-17(16)19-13-14-20-17/h3-4,15,18H,1-2,5-14H2/t15-,16-/m1/s1. The molecule has 3 nitrogen and oxygen atoms in total. The lowest BCUT2D eigenvalue weighted by molar-refractivity contribution is -0.268. The fraction of sp³-hybridized carbons (Fsp3) is 0.765. The van der Waals surface area contributed by atoms with Crippen LogP contribution in [0.1, 0.15) is 51.4 Å². The monoisotopic (exact) mass is 280 g/mol. The van der Waals surface area contributed by atoms with Crippen molar-refractivity contribution in [3.8, 4) is 0 Å². The normalized spacial score (nSPS) is 30.9. The fourth-order valence-electron chi connectivity index (χ4n) is 3.92. The van der Waals surface area contributed by atoms with Crippen molar-refractivity contribution in [1.29, 1.82) is 0 Å². The Morgan fingerprint density at radius 1 is 1.05 bits per heavy atom. The lowest BCUT2D eigenvalue weighted by Gasteiger charge is -2.48. The topological polar surface area (TPSA) is 38.7 Å². The van der Waals surface area contributed by atoms with Crippen molar-refractivity contribution in [2.75, 3.05) is 13.2 Å². The molecule has 20 heavy (non-hydrogen) atoms. The van der Waals surface area contributed by atoms with Gasteiger partial charge in [0.15, 0.2) is 5.79 Å². The maximum absolute atomic E-state index is 10.9. The van der Waals surface area contributed by atoms with E-state index in [1.54, 1.807) is 0 Å². The summed E-state index contributed by atoms with van der Waals surface area (Å²) in [6, 6.07) is 0. The summed E-state index contributed by atoms with van der Waals surface area (Å²) < 4.78 is 12.2. The summed E-state index contributed by atoms with van der Waals surface area (Å²) in [6.45, 7) is 8.93. The van der Waals surface area contributed by atoms with Gasteiger partial charge in [0.2, 0.25) is 0 Å². The molecule has 2 rings (SSSR count). The van der Waals surface area contributed by atoms with E-state index in [4.69, 9.17) is 9.47 Å². The van der Waals surface area contributed by atoms with E-state index in [1.165, 1.54) is 6.42 Å². The lowest BCUT2D eigenvalue weighted by atomic mass is 9.67. The second kappa shape index (κ2) is 6.88. The lowest BCUT2D eigenvalue weighted by Crippen LogP contribution is -2.55.